The molecule has 7 nitrogen and oxygen atoms in total. The summed E-state index contributed by atoms with van der Waals surface area (Å²) in [5.41, 5.74) is 2.01. The van der Waals surface area contributed by atoms with Crippen molar-refractivity contribution in [2.75, 3.05) is 57.8 Å². The predicted octanol–water partition coefficient (Wildman–Crippen LogP) is 6.01. The Morgan fingerprint density at radius 1 is 1.10 bits per heavy atom. The molecule has 3 aromatic rings. The Hall–Kier alpha value is -2.35. The first-order valence-electron chi connectivity index (χ1n) is 13.5. The summed E-state index contributed by atoms with van der Waals surface area (Å²) in [5.74, 6) is 0.848. The standard InChI is InChI=1S/C30H34Cl2N4O3S/c1-34(30(37)27-15-21(17-33)14-23-4-2-3-5-26(23)27)18-24(22-6-7-28(31)29(32)16-22)8-9-35-19-25(20-35)36-10-12-40(38,39)13-11-36/h2-7,14-16,24-25,38-39H,8-13,18-20H2,1H3. The van der Waals surface area contributed by atoms with Crippen molar-refractivity contribution in [2.24, 2.45) is 0 Å². The van der Waals surface area contributed by atoms with Crippen molar-refractivity contribution in [2.45, 2.75) is 18.4 Å². The van der Waals surface area contributed by atoms with Gasteiger partial charge in [-0.1, -0.05) is 53.5 Å². The third-order valence-electron chi connectivity index (χ3n) is 8.14. The predicted molar refractivity (Wildman–Crippen MR) is 164 cm³/mol. The van der Waals surface area contributed by atoms with E-state index in [4.69, 9.17) is 23.2 Å². The van der Waals surface area contributed by atoms with E-state index in [0.717, 1.165) is 55.5 Å². The Morgan fingerprint density at radius 2 is 1.82 bits per heavy atom. The molecule has 2 saturated heterocycles. The molecule has 3 aromatic carbocycles. The maximum atomic E-state index is 13.7. The number of fused-ring (bicyclic) bond motifs is 1. The van der Waals surface area contributed by atoms with E-state index in [2.05, 4.69) is 15.9 Å². The highest BCUT2D eigenvalue weighted by Gasteiger charge is 2.35. The van der Waals surface area contributed by atoms with Gasteiger partial charge in [0.1, 0.15) is 0 Å². The lowest BCUT2D eigenvalue weighted by Crippen LogP contribution is -2.61. The van der Waals surface area contributed by atoms with Crippen LogP contribution in [-0.4, -0.2) is 93.6 Å². The van der Waals surface area contributed by atoms with Crippen molar-refractivity contribution < 1.29 is 13.9 Å². The molecule has 2 fully saturated rings. The SMILES string of the molecule is CN(CC(CCN1CC(N2CCS(O)(O)CC2)C1)c1ccc(Cl)c(Cl)c1)C(=O)c1cc(C#N)cc2ccccc12. The zero-order valence-electron chi connectivity index (χ0n) is 22.5. The molecule has 2 heterocycles. The van der Waals surface area contributed by atoms with Gasteiger partial charge in [0, 0.05) is 57.3 Å². The van der Waals surface area contributed by atoms with Gasteiger partial charge in [-0.15, -0.1) is 0 Å². The first kappa shape index (κ1) is 29.2. The Morgan fingerprint density at radius 3 is 2.52 bits per heavy atom. The Bertz CT molecular complexity index is 1430. The number of nitriles is 1. The third-order valence-corrected chi connectivity index (χ3v) is 10.5. The van der Waals surface area contributed by atoms with Crippen LogP contribution in [0.25, 0.3) is 10.8 Å². The van der Waals surface area contributed by atoms with Crippen LogP contribution < -0.4 is 0 Å². The molecule has 2 N–H and O–H groups in total. The summed E-state index contributed by atoms with van der Waals surface area (Å²) in [7, 11) is -0.578. The van der Waals surface area contributed by atoms with Gasteiger partial charge in [-0.3, -0.25) is 18.8 Å². The monoisotopic (exact) mass is 600 g/mol. The molecule has 2 aliphatic heterocycles. The van der Waals surface area contributed by atoms with Crippen LogP contribution in [0.4, 0.5) is 0 Å². The molecule has 1 unspecified atom stereocenters. The number of benzene rings is 3. The molecular weight excluding hydrogens is 567 g/mol. The van der Waals surface area contributed by atoms with Gasteiger partial charge >= 0.3 is 0 Å². The number of nitrogens with zero attached hydrogens (tertiary/aromatic N) is 4. The molecule has 10 heteroatoms. The minimum absolute atomic E-state index is 0.0381. The van der Waals surface area contributed by atoms with E-state index in [1.165, 1.54) is 0 Å². The third kappa shape index (κ3) is 6.58. The van der Waals surface area contributed by atoms with Gasteiger partial charge in [-0.25, -0.2) is 0 Å². The summed E-state index contributed by atoms with van der Waals surface area (Å²) in [6.45, 7) is 4.75. The lowest BCUT2D eigenvalue weighted by Gasteiger charge is -2.50. The summed E-state index contributed by atoms with van der Waals surface area (Å²) in [6, 6.07) is 19.4. The van der Waals surface area contributed by atoms with Crippen LogP contribution in [0.3, 0.4) is 0 Å². The van der Waals surface area contributed by atoms with E-state index >= 15 is 0 Å². The molecule has 0 radical (unpaired) electrons. The van der Waals surface area contributed by atoms with E-state index in [0.29, 0.717) is 45.3 Å². The molecule has 5 rings (SSSR count). The van der Waals surface area contributed by atoms with E-state index in [1.807, 2.05) is 36.4 Å². The summed E-state index contributed by atoms with van der Waals surface area (Å²) in [4.78, 5) is 20.2. The minimum Gasteiger partial charge on any atom is -0.341 e. The lowest BCUT2D eigenvalue weighted by molar-refractivity contribution is 0.0355. The highest BCUT2D eigenvalue weighted by atomic mass is 35.5. The van der Waals surface area contributed by atoms with Gasteiger partial charge < -0.3 is 9.80 Å². The Balaban J connectivity index is 1.28. The number of likely N-dealkylation sites (N-methyl/N-ethyl adjacent to an activating group) is 1. The van der Waals surface area contributed by atoms with E-state index in [-0.39, 0.29) is 11.8 Å². The summed E-state index contributed by atoms with van der Waals surface area (Å²) in [6.07, 6.45) is 0.835. The fourth-order valence-corrected chi connectivity index (χ4v) is 7.27. The number of likely N-dealkylation sites (tertiary alicyclic amines) is 1. The summed E-state index contributed by atoms with van der Waals surface area (Å²) >= 11 is 12.6. The van der Waals surface area contributed by atoms with Crippen molar-refractivity contribution in [1.82, 2.24) is 14.7 Å². The van der Waals surface area contributed by atoms with Crippen LogP contribution in [-0.2, 0) is 0 Å². The largest absolute Gasteiger partial charge is 0.341 e. The molecule has 0 saturated carbocycles. The fourth-order valence-electron chi connectivity index (χ4n) is 5.70. The Labute approximate surface area is 247 Å². The molecule has 1 amide bonds. The van der Waals surface area contributed by atoms with Gasteiger partial charge in [-0.05, 0) is 53.6 Å². The highest BCUT2D eigenvalue weighted by Crippen LogP contribution is 2.41. The Kier molecular flexibility index (Phi) is 8.93. The first-order chi connectivity index (χ1) is 19.1. The average Bonchev–Trinajstić information content (AvgIpc) is 2.92. The van der Waals surface area contributed by atoms with Crippen LogP contribution in [0, 0.1) is 11.3 Å². The maximum Gasteiger partial charge on any atom is 0.254 e. The molecule has 40 heavy (non-hydrogen) atoms. The van der Waals surface area contributed by atoms with Crippen LogP contribution in [0.2, 0.25) is 10.0 Å². The first-order valence-corrected chi connectivity index (χ1v) is 16.1. The summed E-state index contributed by atoms with van der Waals surface area (Å²) in [5, 5.41) is 12.2. The van der Waals surface area contributed by atoms with Crippen LogP contribution in [0.5, 0.6) is 0 Å². The van der Waals surface area contributed by atoms with E-state index in [1.54, 1.807) is 30.1 Å². The molecule has 0 aliphatic carbocycles. The second kappa shape index (κ2) is 12.3. The van der Waals surface area contributed by atoms with Gasteiger partial charge in [-0.2, -0.15) is 15.9 Å². The van der Waals surface area contributed by atoms with Gasteiger partial charge in [0.05, 0.1) is 33.2 Å². The molecular formula is C30H34Cl2N4O3S. The molecule has 0 aromatic heterocycles. The quantitative estimate of drug-likeness (QED) is 0.329. The average molecular weight is 602 g/mol. The van der Waals surface area contributed by atoms with E-state index in [9.17, 15) is 19.2 Å². The number of carbonyl (C=O) groups is 1. The zero-order valence-corrected chi connectivity index (χ0v) is 24.8. The van der Waals surface area contributed by atoms with Crippen LogP contribution >= 0.6 is 33.8 Å². The number of rotatable bonds is 8. The lowest BCUT2D eigenvalue weighted by atomic mass is 9.93. The van der Waals surface area contributed by atoms with Gasteiger partial charge in [0.25, 0.3) is 5.91 Å². The zero-order chi connectivity index (χ0) is 28.4. The number of halogens is 2. The highest BCUT2D eigenvalue weighted by molar-refractivity contribution is 8.24. The van der Waals surface area contributed by atoms with Crippen molar-refractivity contribution in [1.29, 1.82) is 5.26 Å². The van der Waals surface area contributed by atoms with Gasteiger partial charge in [0.2, 0.25) is 0 Å². The number of amides is 1. The second-order valence-electron chi connectivity index (χ2n) is 10.9. The van der Waals surface area contributed by atoms with Crippen molar-refractivity contribution >= 4 is 50.5 Å². The van der Waals surface area contributed by atoms with Crippen LogP contribution in [0.1, 0.15) is 33.8 Å². The normalized spacial score (nSPS) is 19.5. The molecule has 212 valence electrons. The number of hydrogen-bond donors (Lipinski definition) is 2. The summed E-state index contributed by atoms with van der Waals surface area (Å²) < 4.78 is 19.8. The van der Waals surface area contributed by atoms with Crippen molar-refractivity contribution in [3.63, 3.8) is 0 Å². The molecule has 0 bridgehead atoms. The number of carbonyl (C=O) groups excluding carboxylic acids is 1. The molecule has 2 aliphatic rings. The van der Waals surface area contributed by atoms with Crippen LogP contribution in [0.15, 0.2) is 54.6 Å². The second-order valence-corrected chi connectivity index (χ2v) is 14.1. The van der Waals surface area contributed by atoms with Gasteiger partial charge in [0.15, 0.2) is 0 Å². The molecule has 0 spiro atoms. The van der Waals surface area contributed by atoms with Crippen molar-refractivity contribution in [3.05, 3.63) is 81.3 Å². The fraction of sp³-hybridized carbons (Fsp3) is 0.400. The topological polar surface area (TPSA) is 91.0 Å². The number of hydrogen-bond acceptors (Lipinski definition) is 6. The smallest absolute Gasteiger partial charge is 0.254 e. The van der Waals surface area contributed by atoms with Crippen molar-refractivity contribution in [3.8, 4) is 6.07 Å². The van der Waals surface area contributed by atoms with E-state index < -0.39 is 10.6 Å². The minimum atomic E-state index is -2.38. The molecule has 1 atom stereocenters. The maximum absolute atomic E-state index is 13.7.